The van der Waals surface area contributed by atoms with Gasteiger partial charge in [-0.2, -0.15) is 5.10 Å². The molecule has 5 heteroatoms. The summed E-state index contributed by atoms with van der Waals surface area (Å²) in [5, 5.41) is 13.6. The predicted octanol–water partition coefficient (Wildman–Crippen LogP) is 1.12. The van der Waals surface area contributed by atoms with Gasteiger partial charge >= 0.3 is 5.97 Å². The second kappa shape index (κ2) is 4.72. The third-order valence-electron chi connectivity index (χ3n) is 2.48. The molecular formula is C13H10N2O3. The standard InChI is InChI=1S/C13H10N2O3/c1-2-3-8-15-12(16)10-7-5-4-6-9(10)11(14-15)13(17)18/h4-7H,8H2,1H3,(H,17,18). The van der Waals surface area contributed by atoms with Gasteiger partial charge in [0, 0.05) is 5.39 Å². The fraction of sp³-hybridized carbons (Fsp3) is 0.154. The highest BCUT2D eigenvalue weighted by molar-refractivity contribution is 6.01. The Morgan fingerprint density at radius 2 is 2.06 bits per heavy atom. The molecule has 0 fully saturated rings. The molecule has 0 aliphatic carbocycles. The zero-order valence-electron chi connectivity index (χ0n) is 9.67. The molecule has 1 heterocycles. The van der Waals surface area contributed by atoms with E-state index in [-0.39, 0.29) is 17.8 Å². The summed E-state index contributed by atoms with van der Waals surface area (Å²) in [6.45, 7) is 1.73. The Morgan fingerprint density at radius 3 is 2.67 bits per heavy atom. The third-order valence-corrected chi connectivity index (χ3v) is 2.48. The smallest absolute Gasteiger partial charge is 0.357 e. The summed E-state index contributed by atoms with van der Waals surface area (Å²) >= 11 is 0. The van der Waals surface area contributed by atoms with Gasteiger partial charge in [0.2, 0.25) is 0 Å². The second-order valence-electron chi connectivity index (χ2n) is 3.59. The molecule has 1 aromatic carbocycles. The number of hydrogen-bond donors (Lipinski definition) is 1. The van der Waals surface area contributed by atoms with E-state index in [1.54, 1.807) is 31.2 Å². The van der Waals surface area contributed by atoms with Crippen molar-refractivity contribution < 1.29 is 9.90 Å². The number of carbonyl (C=O) groups is 1. The van der Waals surface area contributed by atoms with Crippen LogP contribution in [0.3, 0.4) is 0 Å². The van der Waals surface area contributed by atoms with E-state index < -0.39 is 5.97 Å². The molecule has 0 saturated heterocycles. The van der Waals surface area contributed by atoms with Crippen molar-refractivity contribution >= 4 is 16.7 Å². The molecule has 0 spiro atoms. The average Bonchev–Trinajstić information content (AvgIpc) is 2.38. The van der Waals surface area contributed by atoms with Crippen molar-refractivity contribution in [2.45, 2.75) is 13.5 Å². The Balaban J connectivity index is 2.81. The van der Waals surface area contributed by atoms with Gasteiger partial charge < -0.3 is 5.11 Å². The molecule has 90 valence electrons. The summed E-state index contributed by atoms with van der Waals surface area (Å²) in [7, 11) is 0. The van der Waals surface area contributed by atoms with Gasteiger partial charge in [-0.25, -0.2) is 9.48 Å². The maximum atomic E-state index is 12.0. The number of nitrogens with zero attached hydrogens (tertiary/aromatic N) is 2. The first-order valence-electron chi connectivity index (χ1n) is 5.28. The molecule has 0 aliphatic heterocycles. The molecule has 2 rings (SSSR count). The summed E-state index contributed by atoms with van der Waals surface area (Å²) in [4.78, 5) is 23.2. The minimum Gasteiger partial charge on any atom is -0.476 e. The molecular weight excluding hydrogens is 232 g/mol. The lowest BCUT2D eigenvalue weighted by atomic mass is 10.1. The maximum Gasteiger partial charge on any atom is 0.357 e. The summed E-state index contributed by atoms with van der Waals surface area (Å²) in [5.74, 6) is 4.17. The Labute approximate surface area is 103 Å². The molecule has 0 aliphatic rings. The molecule has 1 N–H and O–H groups in total. The minimum absolute atomic E-state index is 0.0838. The van der Waals surface area contributed by atoms with Crippen LogP contribution < -0.4 is 5.56 Å². The molecule has 0 amide bonds. The van der Waals surface area contributed by atoms with Crippen LogP contribution in [0.25, 0.3) is 10.8 Å². The van der Waals surface area contributed by atoms with Crippen LogP contribution in [0.4, 0.5) is 0 Å². The van der Waals surface area contributed by atoms with Crippen molar-refractivity contribution in [2.24, 2.45) is 0 Å². The average molecular weight is 242 g/mol. The number of aromatic nitrogens is 2. The van der Waals surface area contributed by atoms with E-state index in [9.17, 15) is 9.59 Å². The quantitative estimate of drug-likeness (QED) is 0.801. The summed E-state index contributed by atoms with van der Waals surface area (Å²) in [6.07, 6.45) is 0. The van der Waals surface area contributed by atoms with E-state index in [1.165, 1.54) is 0 Å². The molecule has 18 heavy (non-hydrogen) atoms. The van der Waals surface area contributed by atoms with Crippen LogP contribution in [0.2, 0.25) is 0 Å². The van der Waals surface area contributed by atoms with Crippen LogP contribution in [0.1, 0.15) is 17.4 Å². The van der Waals surface area contributed by atoms with E-state index in [0.29, 0.717) is 10.8 Å². The molecule has 0 bridgehead atoms. The van der Waals surface area contributed by atoms with Crippen molar-refractivity contribution in [3.8, 4) is 11.8 Å². The van der Waals surface area contributed by atoms with Crippen LogP contribution in [0.5, 0.6) is 0 Å². The number of aromatic carboxylic acids is 1. The number of carboxylic acid groups (broad SMARTS) is 1. The minimum atomic E-state index is -1.16. The molecule has 1 aromatic heterocycles. The van der Waals surface area contributed by atoms with Gasteiger partial charge in [0.25, 0.3) is 5.56 Å². The Bertz CT molecular complexity index is 735. The fourth-order valence-electron chi connectivity index (χ4n) is 1.65. The lowest BCUT2D eigenvalue weighted by molar-refractivity contribution is 0.0690. The van der Waals surface area contributed by atoms with Crippen LogP contribution in [-0.4, -0.2) is 20.9 Å². The summed E-state index contributed by atoms with van der Waals surface area (Å²) in [6, 6.07) is 6.52. The molecule has 2 aromatic rings. The Kier molecular flexibility index (Phi) is 3.11. The first-order valence-corrected chi connectivity index (χ1v) is 5.28. The topological polar surface area (TPSA) is 72.2 Å². The number of carboxylic acids is 1. The first-order chi connectivity index (χ1) is 8.65. The first kappa shape index (κ1) is 11.9. The van der Waals surface area contributed by atoms with Crippen molar-refractivity contribution in [3.05, 3.63) is 40.3 Å². The van der Waals surface area contributed by atoms with E-state index in [1.807, 2.05) is 0 Å². The predicted molar refractivity (Wildman–Crippen MR) is 66.4 cm³/mol. The highest BCUT2D eigenvalue weighted by atomic mass is 16.4. The lowest BCUT2D eigenvalue weighted by Gasteiger charge is -2.05. The van der Waals surface area contributed by atoms with Crippen LogP contribution in [0, 0.1) is 11.8 Å². The van der Waals surface area contributed by atoms with Crippen molar-refractivity contribution in [1.82, 2.24) is 9.78 Å². The van der Waals surface area contributed by atoms with Crippen LogP contribution in [-0.2, 0) is 6.54 Å². The van der Waals surface area contributed by atoms with E-state index >= 15 is 0 Å². The molecule has 5 nitrogen and oxygen atoms in total. The summed E-state index contributed by atoms with van der Waals surface area (Å²) < 4.78 is 1.07. The SMILES string of the molecule is CC#CCn1nc(C(=O)O)c2ccccc2c1=O. The monoisotopic (exact) mass is 242 g/mol. The highest BCUT2D eigenvalue weighted by Crippen LogP contribution is 2.12. The van der Waals surface area contributed by atoms with Gasteiger partial charge in [-0.1, -0.05) is 24.1 Å². The van der Waals surface area contributed by atoms with Gasteiger partial charge in [0.1, 0.15) is 6.54 Å². The van der Waals surface area contributed by atoms with Gasteiger partial charge in [-0.05, 0) is 13.0 Å². The van der Waals surface area contributed by atoms with Gasteiger partial charge in [-0.3, -0.25) is 4.79 Å². The fourth-order valence-corrected chi connectivity index (χ4v) is 1.65. The number of rotatable bonds is 2. The number of benzene rings is 1. The van der Waals surface area contributed by atoms with Crippen LogP contribution in [0.15, 0.2) is 29.1 Å². The number of hydrogen-bond acceptors (Lipinski definition) is 3. The van der Waals surface area contributed by atoms with E-state index in [2.05, 4.69) is 16.9 Å². The lowest BCUT2D eigenvalue weighted by Crippen LogP contribution is -2.25. The highest BCUT2D eigenvalue weighted by Gasteiger charge is 2.14. The normalized spacial score (nSPS) is 9.83. The van der Waals surface area contributed by atoms with Crippen molar-refractivity contribution in [1.29, 1.82) is 0 Å². The van der Waals surface area contributed by atoms with Crippen LogP contribution >= 0.6 is 0 Å². The molecule has 0 radical (unpaired) electrons. The van der Waals surface area contributed by atoms with E-state index in [4.69, 9.17) is 5.11 Å². The number of fused-ring (bicyclic) bond motifs is 1. The largest absolute Gasteiger partial charge is 0.476 e. The zero-order chi connectivity index (χ0) is 13.1. The van der Waals surface area contributed by atoms with E-state index in [0.717, 1.165) is 4.68 Å². The van der Waals surface area contributed by atoms with Gasteiger partial charge in [-0.15, -0.1) is 5.92 Å². The van der Waals surface area contributed by atoms with Gasteiger partial charge in [0.15, 0.2) is 5.69 Å². The maximum absolute atomic E-state index is 12.0. The molecule has 0 saturated carbocycles. The Hall–Kier alpha value is -2.61. The zero-order valence-corrected chi connectivity index (χ0v) is 9.67. The third kappa shape index (κ3) is 1.96. The Morgan fingerprint density at radius 1 is 1.39 bits per heavy atom. The van der Waals surface area contributed by atoms with Crippen molar-refractivity contribution in [2.75, 3.05) is 0 Å². The summed E-state index contributed by atoms with van der Waals surface area (Å²) in [5.41, 5.74) is -0.471. The molecule has 0 unspecified atom stereocenters. The van der Waals surface area contributed by atoms with Crippen molar-refractivity contribution in [3.63, 3.8) is 0 Å². The molecule has 0 atom stereocenters. The van der Waals surface area contributed by atoms with Gasteiger partial charge in [0.05, 0.1) is 5.39 Å². The second-order valence-corrected chi connectivity index (χ2v) is 3.59.